The number of aromatic nitrogens is 3. The summed E-state index contributed by atoms with van der Waals surface area (Å²) in [6.07, 6.45) is 5.22. The van der Waals surface area contributed by atoms with Gasteiger partial charge in [0.15, 0.2) is 28.8 Å². The molecule has 0 radical (unpaired) electrons. The van der Waals surface area contributed by atoms with Crippen LogP contribution in [0.1, 0.15) is 5.56 Å². The molecule has 2 aromatic heterocycles. The molecule has 0 atom stereocenters. The van der Waals surface area contributed by atoms with Crippen molar-refractivity contribution in [3.63, 3.8) is 0 Å². The van der Waals surface area contributed by atoms with Crippen molar-refractivity contribution in [1.29, 1.82) is 0 Å². The summed E-state index contributed by atoms with van der Waals surface area (Å²) in [5.74, 6) is 4.12. The van der Waals surface area contributed by atoms with Gasteiger partial charge in [0.05, 0.1) is 42.7 Å². The fraction of sp³-hybridized carbons (Fsp3) is 0.240. The fourth-order valence-electron chi connectivity index (χ4n) is 3.72. The highest BCUT2D eigenvalue weighted by molar-refractivity contribution is 5.87. The van der Waals surface area contributed by atoms with Crippen molar-refractivity contribution in [1.82, 2.24) is 14.4 Å². The van der Waals surface area contributed by atoms with Crippen LogP contribution in [0.15, 0.2) is 47.7 Å². The van der Waals surface area contributed by atoms with E-state index >= 15 is 0 Å². The van der Waals surface area contributed by atoms with E-state index in [9.17, 15) is 0 Å². The molecule has 0 aliphatic heterocycles. The normalized spacial score (nSPS) is 11.0. The molecule has 10 nitrogen and oxygen atoms in total. The summed E-state index contributed by atoms with van der Waals surface area (Å²) in [4.78, 5) is 13.9. The summed E-state index contributed by atoms with van der Waals surface area (Å²) in [6.45, 7) is 0. The van der Waals surface area contributed by atoms with Gasteiger partial charge in [-0.15, -0.1) is 0 Å². The Morgan fingerprint density at radius 3 is 1.80 bits per heavy atom. The number of rotatable bonds is 9. The Morgan fingerprint density at radius 1 is 0.743 bits per heavy atom. The monoisotopic (exact) mass is 478 g/mol. The highest BCUT2D eigenvalue weighted by Gasteiger charge is 2.20. The molecule has 0 unspecified atom stereocenters. The molecule has 4 rings (SSSR count). The van der Waals surface area contributed by atoms with Gasteiger partial charge in [0.2, 0.25) is 17.3 Å². The van der Waals surface area contributed by atoms with Crippen LogP contribution in [0.5, 0.6) is 34.5 Å². The lowest BCUT2D eigenvalue weighted by Crippen LogP contribution is -1.97. The van der Waals surface area contributed by atoms with E-state index in [4.69, 9.17) is 38.4 Å². The third-order valence-electron chi connectivity index (χ3n) is 5.34. The smallest absolute Gasteiger partial charge is 0.236 e. The van der Waals surface area contributed by atoms with E-state index in [2.05, 4.69) is 4.98 Å². The topological polar surface area (TPSA) is 97.9 Å². The molecule has 0 spiro atoms. The first kappa shape index (κ1) is 23.7. The van der Waals surface area contributed by atoms with Gasteiger partial charge in [-0.05, 0) is 30.3 Å². The molecule has 35 heavy (non-hydrogen) atoms. The van der Waals surface area contributed by atoms with Crippen LogP contribution in [0.2, 0.25) is 0 Å². The van der Waals surface area contributed by atoms with E-state index in [1.165, 1.54) is 0 Å². The lowest BCUT2D eigenvalue weighted by atomic mass is 10.1. The molecule has 0 saturated heterocycles. The van der Waals surface area contributed by atoms with Gasteiger partial charge in [0, 0.05) is 29.7 Å². The first-order valence-corrected chi connectivity index (χ1v) is 10.6. The molecule has 2 aromatic carbocycles. The summed E-state index contributed by atoms with van der Waals surface area (Å²) < 4.78 is 34.6. The predicted molar refractivity (Wildman–Crippen MR) is 131 cm³/mol. The average molecular weight is 479 g/mol. The molecule has 4 aromatic rings. The molecule has 0 fully saturated rings. The van der Waals surface area contributed by atoms with Gasteiger partial charge >= 0.3 is 0 Å². The Labute approximate surface area is 202 Å². The highest BCUT2D eigenvalue weighted by atomic mass is 16.5. The minimum absolute atomic E-state index is 0.489. The van der Waals surface area contributed by atoms with Gasteiger partial charge in [-0.3, -0.25) is 4.40 Å². The average Bonchev–Trinajstić information content (AvgIpc) is 3.28. The number of imidazole rings is 1. The maximum absolute atomic E-state index is 5.52. The molecular weight excluding hydrogens is 452 g/mol. The van der Waals surface area contributed by atoms with E-state index in [0.717, 1.165) is 11.1 Å². The number of ether oxygens (including phenoxy) is 6. The summed E-state index contributed by atoms with van der Waals surface area (Å²) in [5, 5.41) is 0. The summed E-state index contributed by atoms with van der Waals surface area (Å²) in [5.41, 5.74) is 2.06. The molecule has 0 bridgehead atoms. The summed E-state index contributed by atoms with van der Waals surface area (Å²) >= 11 is 0. The Kier molecular flexibility index (Phi) is 6.91. The molecular formula is C25H26N4O6. The Balaban J connectivity index is 1.89. The second-order valence-corrected chi connectivity index (χ2v) is 7.20. The van der Waals surface area contributed by atoms with Crippen LogP contribution in [0.4, 0.5) is 5.82 Å². The highest BCUT2D eigenvalue weighted by Crippen LogP contribution is 2.43. The third-order valence-corrected chi connectivity index (χ3v) is 5.34. The van der Waals surface area contributed by atoms with Crippen molar-refractivity contribution >= 4 is 17.8 Å². The molecule has 0 saturated carbocycles. The van der Waals surface area contributed by atoms with Crippen molar-refractivity contribution in [3.8, 4) is 45.8 Å². The van der Waals surface area contributed by atoms with E-state index in [1.807, 2.05) is 36.5 Å². The standard InChI is InChI=1S/C25H26N4O6/c1-30-17-10-15(11-18(31-2)22(17)34-5)14-27-24-21(28-25-26-8-7-9-29(24)25)16-12-19(32-3)23(35-6)20(13-16)33-4/h7-14H,1-6H3/b27-14+. The van der Waals surface area contributed by atoms with Gasteiger partial charge in [0.1, 0.15) is 5.69 Å². The van der Waals surface area contributed by atoms with Crippen molar-refractivity contribution < 1.29 is 28.4 Å². The Bertz CT molecular complexity index is 1330. The maximum atomic E-state index is 5.52. The van der Waals surface area contributed by atoms with E-state index in [-0.39, 0.29) is 0 Å². The van der Waals surface area contributed by atoms with Crippen LogP contribution in [0.3, 0.4) is 0 Å². The Morgan fingerprint density at radius 2 is 1.29 bits per heavy atom. The number of hydrogen-bond acceptors (Lipinski definition) is 9. The van der Waals surface area contributed by atoms with E-state index in [1.54, 1.807) is 59.5 Å². The van der Waals surface area contributed by atoms with Gasteiger partial charge < -0.3 is 28.4 Å². The maximum Gasteiger partial charge on any atom is 0.236 e. The third kappa shape index (κ3) is 4.37. The van der Waals surface area contributed by atoms with Gasteiger partial charge in [-0.2, -0.15) is 0 Å². The molecule has 10 heteroatoms. The second-order valence-electron chi connectivity index (χ2n) is 7.20. The number of aliphatic imine (C=N–C) groups is 1. The molecule has 0 aliphatic carbocycles. The van der Waals surface area contributed by atoms with Crippen molar-refractivity contribution in [2.75, 3.05) is 42.7 Å². The quantitative estimate of drug-likeness (QED) is 0.330. The van der Waals surface area contributed by atoms with Crippen LogP contribution in [-0.4, -0.2) is 63.2 Å². The molecule has 0 aliphatic rings. The van der Waals surface area contributed by atoms with Gasteiger partial charge in [-0.25, -0.2) is 15.0 Å². The number of fused-ring (bicyclic) bond motifs is 1. The zero-order chi connectivity index (χ0) is 24.9. The minimum Gasteiger partial charge on any atom is -0.493 e. The minimum atomic E-state index is 0.489. The lowest BCUT2D eigenvalue weighted by Gasteiger charge is -2.13. The van der Waals surface area contributed by atoms with Crippen molar-refractivity contribution in [2.45, 2.75) is 0 Å². The number of methoxy groups -OCH3 is 6. The number of nitrogens with zero attached hydrogens (tertiary/aromatic N) is 4. The molecule has 0 amide bonds. The molecule has 0 N–H and O–H groups in total. The largest absolute Gasteiger partial charge is 0.493 e. The summed E-state index contributed by atoms with van der Waals surface area (Å²) in [7, 11) is 9.38. The predicted octanol–water partition coefficient (Wildman–Crippen LogP) is 4.20. The first-order chi connectivity index (χ1) is 17.1. The molecule has 2 heterocycles. The summed E-state index contributed by atoms with van der Waals surface area (Å²) in [6, 6.07) is 9.08. The van der Waals surface area contributed by atoms with Gasteiger partial charge in [-0.1, -0.05) is 0 Å². The van der Waals surface area contributed by atoms with Crippen LogP contribution in [-0.2, 0) is 0 Å². The van der Waals surface area contributed by atoms with Crippen LogP contribution in [0.25, 0.3) is 17.0 Å². The zero-order valence-electron chi connectivity index (χ0n) is 20.4. The number of hydrogen-bond donors (Lipinski definition) is 0. The number of benzene rings is 2. The van der Waals surface area contributed by atoms with Gasteiger partial charge in [0.25, 0.3) is 0 Å². The van der Waals surface area contributed by atoms with Crippen LogP contribution < -0.4 is 28.4 Å². The van der Waals surface area contributed by atoms with E-state index in [0.29, 0.717) is 51.8 Å². The second kappa shape index (κ2) is 10.2. The van der Waals surface area contributed by atoms with Crippen LogP contribution in [0, 0.1) is 0 Å². The van der Waals surface area contributed by atoms with Crippen molar-refractivity contribution in [3.05, 3.63) is 48.3 Å². The zero-order valence-corrected chi connectivity index (χ0v) is 20.4. The fourth-order valence-corrected chi connectivity index (χ4v) is 3.72. The van der Waals surface area contributed by atoms with Crippen LogP contribution >= 0.6 is 0 Å². The molecule has 182 valence electrons. The lowest BCUT2D eigenvalue weighted by molar-refractivity contribution is 0.324. The van der Waals surface area contributed by atoms with E-state index < -0.39 is 0 Å². The first-order valence-electron chi connectivity index (χ1n) is 10.6. The Hall–Kier alpha value is -4.47. The van der Waals surface area contributed by atoms with Crippen molar-refractivity contribution in [2.24, 2.45) is 4.99 Å². The SMILES string of the molecule is COc1cc(/C=N/c2c(-c3cc(OC)c(OC)c(OC)c3)nc3ncccn23)cc(OC)c1OC.